The summed E-state index contributed by atoms with van der Waals surface area (Å²) in [7, 11) is 0. The van der Waals surface area contributed by atoms with Gasteiger partial charge in [0.15, 0.2) is 0 Å². The number of carbonyl (C=O) groups is 1. The summed E-state index contributed by atoms with van der Waals surface area (Å²) in [6.07, 6.45) is 7.86. The van der Waals surface area contributed by atoms with Crippen LogP contribution in [-0.4, -0.2) is 26.7 Å². The van der Waals surface area contributed by atoms with Gasteiger partial charge in [-0.2, -0.15) is 0 Å². The molecular formula is C16H19N3O2. The smallest absolute Gasteiger partial charge is 0.328 e. The van der Waals surface area contributed by atoms with E-state index in [1.165, 1.54) is 0 Å². The molecule has 110 valence electrons. The number of rotatable bonds is 7. The van der Waals surface area contributed by atoms with Crippen LogP contribution in [0.2, 0.25) is 0 Å². The molecule has 1 aromatic carbocycles. The third-order valence-electron chi connectivity index (χ3n) is 3.96. The second-order valence-electron chi connectivity index (χ2n) is 5.55. The Kier molecular flexibility index (Phi) is 3.75. The zero-order chi connectivity index (χ0) is 14.7. The Morgan fingerprint density at radius 2 is 2.14 bits per heavy atom. The van der Waals surface area contributed by atoms with Gasteiger partial charge in [-0.05, 0) is 24.8 Å². The summed E-state index contributed by atoms with van der Waals surface area (Å²) in [5.74, 6) is -0.819. The molecule has 0 radical (unpaired) electrons. The van der Waals surface area contributed by atoms with E-state index in [2.05, 4.69) is 10.3 Å². The highest BCUT2D eigenvalue weighted by atomic mass is 16.4. The van der Waals surface area contributed by atoms with Gasteiger partial charge in [0.25, 0.3) is 0 Å². The van der Waals surface area contributed by atoms with Crippen molar-refractivity contribution < 1.29 is 9.90 Å². The van der Waals surface area contributed by atoms with Crippen molar-refractivity contribution in [3.63, 3.8) is 0 Å². The van der Waals surface area contributed by atoms with Crippen LogP contribution < -0.4 is 5.32 Å². The highest BCUT2D eigenvalue weighted by Gasteiger charge is 2.43. The largest absolute Gasteiger partial charge is 0.480 e. The number of benzene rings is 1. The fourth-order valence-electron chi connectivity index (χ4n) is 2.61. The molecule has 1 unspecified atom stereocenters. The SMILES string of the molecule is O=C(O)C(CCn1ccnc1)(NC1CC1)c1ccccc1. The number of imidazole rings is 1. The van der Waals surface area contributed by atoms with Crippen LogP contribution >= 0.6 is 0 Å². The molecule has 2 N–H and O–H groups in total. The van der Waals surface area contributed by atoms with Crippen molar-refractivity contribution in [2.75, 3.05) is 0 Å². The van der Waals surface area contributed by atoms with Crippen molar-refractivity contribution in [1.82, 2.24) is 14.9 Å². The van der Waals surface area contributed by atoms with E-state index in [1.807, 2.05) is 41.1 Å². The molecule has 1 heterocycles. The Morgan fingerprint density at radius 1 is 1.38 bits per heavy atom. The number of nitrogens with one attached hydrogen (secondary N) is 1. The van der Waals surface area contributed by atoms with Crippen molar-refractivity contribution in [2.24, 2.45) is 0 Å². The second-order valence-corrected chi connectivity index (χ2v) is 5.55. The molecule has 5 heteroatoms. The predicted molar refractivity (Wildman–Crippen MR) is 78.8 cm³/mol. The van der Waals surface area contributed by atoms with E-state index in [4.69, 9.17) is 0 Å². The summed E-state index contributed by atoms with van der Waals surface area (Å²) < 4.78 is 1.91. The van der Waals surface area contributed by atoms with Gasteiger partial charge >= 0.3 is 5.97 Å². The van der Waals surface area contributed by atoms with Crippen LogP contribution in [0.15, 0.2) is 49.1 Å². The molecular weight excluding hydrogens is 266 g/mol. The van der Waals surface area contributed by atoms with Gasteiger partial charge in [0.2, 0.25) is 0 Å². The van der Waals surface area contributed by atoms with Gasteiger partial charge in [-0.1, -0.05) is 30.3 Å². The summed E-state index contributed by atoms with van der Waals surface area (Å²) in [6, 6.07) is 9.76. The normalized spacial score (nSPS) is 17.3. The van der Waals surface area contributed by atoms with Crippen LogP contribution in [0.25, 0.3) is 0 Å². The lowest BCUT2D eigenvalue weighted by Gasteiger charge is -2.31. The zero-order valence-corrected chi connectivity index (χ0v) is 11.8. The van der Waals surface area contributed by atoms with Crippen molar-refractivity contribution >= 4 is 5.97 Å². The maximum absolute atomic E-state index is 12.1. The number of hydrogen-bond acceptors (Lipinski definition) is 3. The fraction of sp³-hybridized carbons (Fsp3) is 0.375. The van der Waals surface area contributed by atoms with Crippen molar-refractivity contribution in [3.05, 3.63) is 54.6 Å². The van der Waals surface area contributed by atoms with Gasteiger partial charge < -0.3 is 9.67 Å². The van der Waals surface area contributed by atoms with Crippen LogP contribution in [0.1, 0.15) is 24.8 Å². The molecule has 2 aromatic rings. The van der Waals surface area contributed by atoms with E-state index >= 15 is 0 Å². The molecule has 0 saturated heterocycles. The summed E-state index contributed by atoms with van der Waals surface area (Å²) in [5.41, 5.74) is -0.225. The molecule has 1 atom stereocenters. The third kappa shape index (κ3) is 2.97. The lowest BCUT2D eigenvalue weighted by Crippen LogP contribution is -2.51. The first-order valence-electron chi connectivity index (χ1n) is 7.23. The Bertz CT molecular complexity index is 593. The monoisotopic (exact) mass is 285 g/mol. The van der Waals surface area contributed by atoms with E-state index in [1.54, 1.807) is 12.5 Å². The Balaban J connectivity index is 1.89. The Labute approximate surface area is 123 Å². The topological polar surface area (TPSA) is 67.1 Å². The maximum Gasteiger partial charge on any atom is 0.328 e. The molecule has 0 amide bonds. The average molecular weight is 285 g/mol. The molecule has 1 fully saturated rings. The molecule has 3 rings (SSSR count). The van der Waals surface area contributed by atoms with E-state index < -0.39 is 11.5 Å². The Hall–Kier alpha value is -2.14. The van der Waals surface area contributed by atoms with Crippen LogP contribution in [0.3, 0.4) is 0 Å². The van der Waals surface area contributed by atoms with Crippen LogP contribution in [-0.2, 0) is 16.9 Å². The highest BCUT2D eigenvalue weighted by Crippen LogP contribution is 2.32. The van der Waals surface area contributed by atoms with Crippen LogP contribution in [0.4, 0.5) is 0 Å². The first-order chi connectivity index (χ1) is 10.2. The molecule has 1 aliphatic carbocycles. The third-order valence-corrected chi connectivity index (χ3v) is 3.96. The molecule has 5 nitrogen and oxygen atoms in total. The van der Waals surface area contributed by atoms with Crippen LogP contribution in [0, 0.1) is 0 Å². The lowest BCUT2D eigenvalue weighted by molar-refractivity contribution is -0.146. The first-order valence-corrected chi connectivity index (χ1v) is 7.23. The van der Waals surface area contributed by atoms with Crippen molar-refractivity contribution in [2.45, 2.75) is 37.4 Å². The average Bonchev–Trinajstić information content (AvgIpc) is 3.16. The fourth-order valence-corrected chi connectivity index (χ4v) is 2.61. The minimum absolute atomic E-state index is 0.309. The van der Waals surface area contributed by atoms with Gasteiger partial charge in [0, 0.05) is 25.0 Å². The van der Waals surface area contributed by atoms with Crippen molar-refractivity contribution in [3.8, 4) is 0 Å². The number of hydrogen-bond donors (Lipinski definition) is 2. The molecule has 1 aliphatic rings. The molecule has 0 aliphatic heterocycles. The first kappa shape index (κ1) is 13.8. The number of aryl methyl sites for hydroxylation is 1. The maximum atomic E-state index is 12.1. The summed E-state index contributed by atoms with van der Waals surface area (Å²) in [6.45, 7) is 0.612. The molecule has 0 bridgehead atoms. The summed E-state index contributed by atoms with van der Waals surface area (Å²) in [4.78, 5) is 16.1. The van der Waals surface area contributed by atoms with Gasteiger partial charge in [0.05, 0.1) is 6.33 Å². The Morgan fingerprint density at radius 3 is 2.71 bits per heavy atom. The van der Waals surface area contributed by atoms with Crippen molar-refractivity contribution in [1.29, 1.82) is 0 Å². The minimum atomic E-state index is -1.04. The van der Waals surface area contributed by atoms with Gasteiger partial charge in [-0.3, -0.25) is 5.32 Å². The highest BCUT2D eigenvalue weighted by molar-refractivity contribution is 5.81. The van der Waals surface area contributed by atoms with E-state index in [0.29, 0.717) is 19.0 Å². The standard InChI is InChI=1S/C16H19N3O2/c20-15(21)16(18-14-6-7-14,13-4-2-1-3-5-13)8-10-19-11-9-17-12-19/h1-5,9,11-12,14,18H,6-8,10H2,(H,20,21). The molecule has 0 spiro atoms. The summed E-state index contributed by atoms with van der Waals surface area (Å²) >= 11 is 0. The van der Waals surface area contributed by atoms with Crippen LogP contribution in [0.5, 0.6) is 0 Å². The van der Waals surface area contributed by atoms with Gasteiger partial charge in [0.1, 0.15) is 5.54 Å². The number of carboxylic acid groups (broad SMARTS) is 1. The van der Waals surface area contributed by atoms with Gasteiger partial charge in [-0.25, -0.2) is 9.78 Å². The van der Waals surface area contributed by atoms with Gasteiger partial charge in [-0.15, -0.1) is 0 Å². The van der Waals surface area contributed by atoms with E-state index in [-0.39, 0.29) is 0 Å². The minimum Gasteiger partial charge on any atom is -0.480 e. The number of nitrogens with zero attached hydrogens (tertiary/aromatic N) is 2. The molecule has 21 heavy (non-hydrogen) atoms. The number of aromatic nitrogens is 2. The number of carboxylic acids is 1. The summed E-state index contributed by atoms with van der Waals surface area (Å²) in [5, 5.41) is 13.2. The van der Waals surface area contributed by atoms with E-state index in [9.17, 15) is 9.90 Å². The number of aliphatic carboxylic acids is 1. The molecule has 1 saturated carbocycles. The predicted octanol–water partition coefficient (Wildman–Crippen LogP) is 2.01. The lowest BCUT2D eigenvalue weighted by atomic mass is 9.86. The zero-order valence-electron chi connectivity index (χ0n) is 11.8. The second kappa shape index (κ2) is 5.69. The van der Waals surface area contributed by atoms with E-state index in [0.717, 1.165) is 18.4 Å². The quantitative estimate of drug-likeness (QED) is 0.816. The molecule has 1 aromatic heterocycles.